The summed E-state index contributed by atoms with van der Waals surface area (Å²) < 4.78 is 0. The summed E-state index contributed by atoms with van der Waals surface area (Å²) in [5, 5.41) is 0. The lowest BCUT2D eigenvalue weighted by Gasteiger charge is -2.34. The van der Waals surface area contributed by atoms with Crippen LogP contribution in [-0.4, -0.2) is 12.1 Å². The van der Waals surface area contributed by atoms with Gasteiger partial charge in [-0.15, -0.1) is 0 Å². The molecule has 1 fully saturated rings. The Balaban J connectivity index is 2.31. The molecule has 0 saturated heterocycles. The number of hydrogen-bond acceptors (Lipinski definition) is 2. The van der Waals surface area contributed by atoms with E-state index in [1.165, 1.54) is 25.7 Å². The van der Waals surface area contributed by atoms with Gasteiger partial charge in [0.25, 0.3) is 0 Å². The topological polar surface area (TPSA) is 52.0 Å². The van der Waals surface area contributed by atoms with Gasteiger partial charge >= 0.3 is 0 Å². The van der Waals surface area contributed by atoms with Crippen LogP contribution in [0.15, 0.2) is 0 Å². The van der Waals surface area contributed by atoms with E-state index in [9.17, 15) is 0 Å². The molecule has 0 aliphatic heterocycles. The van der Waals surface area contributed by atoms with Crippen LogP contribution in [0.5, 0.6) is 0 Å². The second-order valence-electron chi connectivity index (χ2n) is 4.82. The Kier molecular flexibility index (Phi) is 4.90. The Morgan fingerprint density at radius 3 is 1.36 bits per heavy atom. The number of nitrogens with two attached hydrogens (primary N) is 2. The van der Waals surface area contributed by atoms with E-state index in [1.54, 1.807) is 0 Å². The summed E-state index contributed by atoms with van der Waals surface area (Å²) >= 11 is 0. The quantitative estimate of drug-likeness (QED) is 0.728. The van der Waals surface area contributed by atoms with Gasteiger partial charge in [0.15, 0.2) is 0 Å². The van der Waals surface area contributed by atoms with Crippen LogP contribution in [0.3, 0.4) is 0 Å². The summed E-state index contributed by atoms with van der Waals surface area (Å²) in [5.74, 6) is 1.53. The number of hydrogen-bond donors (Lipinski definition) is 2. The minimum Gasteiger partial charge on any atom is -0.327 e. The highest BCUT2D eigenvalue weighted by Crippen LogP contribution is 2.32. The molecule has 0 aromatic carbocycles. The van der Waals surface area contributed by atoms with E-state index in [1.807, 2.05) is 0 Å². The molecule has 4 N–H and O–H groups in total. The van der Waals surface area contributed by atoms with Crippen molar-refractivity contribution < 1.29 is 0 Å². The predicted molar refractivity (Wildman–Crippen MR) is 62.0 cm³/mol. The first-order valence-electron chi connectivity index (χ1n) is 6.20. The van der Waals surface area contributed by atoms with Crippen LogP contribution in [0.1, 0.15) is 52.4 Å². The largest absolute Gasteiger partial charge is 0.327 e. The molecule has 0 radical (unpaired) electrons. The molecule has 1 rings (SSSR count). The summed E-state index contributed by atoms with van der Waals surface area (Å²) in [5.41, 5.74) is 12.1. The van der Waals surface area contributed by atoms with Crippen molar-refractivity contribution in [1.29, 1.82) is 0 Å². The van der Waals surface area contributed by atoms with Gasteiger partial charge in [0, 0.05) is 12.1 Å². The zero-order valence-corrected chi connectivity index (χ0v) is 9.71. The third-order valence-corrected chi connectivity index (χ3v) is 3.97. The van der Waals surface area contributed by atoms with Crippen molar-refractivity contribution in [2.75, 3.05) is 0 Å². The molecule has 0 aromatic heterocycles. The standard InChI is InChI=1S/C12H26N2/c1-3-11(13)9-5-7-10(8-6-9)12(14)4-2/h9-12H,3-8,13-14H2,1-2H3. The second kappa shape index (κ2) is 5.72. The van der Waals surface area contributed by atoms with E-state index >= 15 is 0 Å². The molecule has 0 bridgehead atoms. The third-order valence-electron chi connectivity index (χ3n) is 3.97. The molecule has 84 valence electrons. The summed E-state index contributed by atoms with van der Waals surface area (Å²) in [6.07, 6.45) is 7.44. The molecule has 14 heavy (non-hydrogen) atoms. The van der Waals surface area contributed by atoms with E-state index in [-0.39, 0.29) is 0 Å². The minimum atomic E-state index is 0.425. The van der Waals surface area contributed by atoms with E-state index in [0.717, 1.165) is 24.7 Å². The van der Waals surface area contributed by atoms with Gasteiger partial charge in [0.1, 0.15) is 0 Å². The van der Waals surface area contributed by atoms with Crippen molar-refractivity contribution in [2.24, 2.45) is 23.3 Å². The molecule has 1 saturated carbocycles. The van der Waals surface area contributed by atoms with Gasteiger partial charge in [-0.25, -0.2) is 0 Å². The average Bonchev–Trinajstić information content (AvgIpc) is 2.27. The normalized spacial score (nSPS) is 32.6. The van der Waals surface area contributed by atoms with Gasteiger partial charge in [-0.05, 0) is 50.4 Å². The van der Waals surface area contributed by atoms with Gasteiger partial charge in [-0.3, -0.25) is 0 Å². The zero-order valence-electron chi connectivity index (χ0n) is 9.71. The first-order valence-corrected chi connectivity index (χ1v) is 6.20. The smallest absolute Gasteiger partial charge is 0.00645 e. The van der Waals surface area contributed by atoms with Crippen molar-refractivity contribution >= 4 is 0 Å². The fourth-order valence-corrected chi connectivity index (χ4v) is 2.67. The third kappa shape index (κ3) is 2.96. The van der Waals surface area contributed by atoms with E-state index < -0.39 is 0 Å². The highest BCUT2D eigenvalue weighted by Gasteiger charge is 2.27. The maximum atomic E-state index is 6.07. The van der Waals surface area contributed by atoms with Crippen molar-refractivity contribution in [3.8, 4) is 0 Å². The predicted octanol–water partition coefficient (Wildman–Crippen LogP) is 2.27. The lowest BCUT2D eigenvalue weighted by atomic mass is 9.75. The Bertz CT molecular complexity index is 132. The Morgan fingerprint density at radius 2 is 1.14 bits per heavy atom. The first-order chi connectivity index (χ1) is 6.69. The first kappa shape index (κ1) is 12.0. The van der Waals surface area contributed by atoms with E-state index in [4.69, 9.17) is 11.5 Å². The lowest BCUT2D eigenvalue weighted by Crippen LogP contribution is -2.37. The van der Waals surface area contributed by atoms with Crippen LogP contribution in [-0.2, 0) is 0 Å². The molecular weight excluding hydrogens is 172 g/mol. The van der Waals surface area contributed by atoms with Gasteiger partial charge in [0.05, 0.1) is 0 Å². The van der Waals surface area contributed by atoms with Crippen LogP contribution in [0.2, 0.25) is 0 Å². The summed E-state index contributed by atoms with van der Waals surface area (Å²) in [6, 6.07) is 0.850. The molecule has 2 heteroatoms. The SMILES string of the molecule is CCC(N)C1CCC(C(N)CC)CC1. The maximum Gasteiger partial charge on any atom is 0.00645 e. The zero-order chi connectivity index (χ0) is 10.6. The van der Waals surface area contributed by atoms with Crippen molar-refractivity contribution in [3.05, 3.63) is 0 Å². The summed E-state index contributed by atoms with van der Waals surface area (Å²) in [6.45, 7) is 4.38. The molecule has 0 spiro atoms. The average molecular weight is 198 g/mol. The van der Waals surface area contributed by atoms with Gasteiger partial charge in [-0.1, -0.05) is 13.8 Å². The van der Waals surface area contributed by atoms with Crippen molar-refractivity contribution in [3.63, 3.8) is 0 Å². The van der Waals surface area contributed by atoms with Crippen LogP contribution in [0, 0.1) is 11.8 Å². The van der Waals surface area contributed by atoms with Crippen molar-refractivity contribution in [1.82, 2.24) is 0 Å². The van der Waals surface area contributed by atoms with Gasteiger partial charge in [0.2, 0.25) is 0 Å². The van der Waals surface area contributed by atoms with Gasteiger partial charge in [-0.2, -0.15) is 0 Å². The van der Waals surface area contributed by atoms with E-state index in [2.05, 4.69) is 13.8 Å². The Labute approximate surface area is 88.4 Å². The van der Waals surface area contributed by atoms with Crippen LogP contribution < -0.4 is 11.5 Å². The highest BCUT2D eigenvalue weighted by molar-refractivity contribution is 4.82. The fraction of sp³-hybridized carbons (Fsp3) is 1.00. The highest BCUT2D eigenvalue weighted by atomic mass is 14.7. The molecular formula is C12H26N2. The fourth-order valence-electron chi connectivity index (χ4n) is 2.67. The summed E-state index contributed by atoms with van der Waals surface area (Å²) in [4.78, 5) is 0. The molecule has 1 aliphatic carbocycles. The van der Waals surface area contributed by atoms with Crippen molar-refractivity contribution in [2.45, 2.75) is 64.5 Å². The molecule has 2 atom stereocenters. The Morgan fingerprint density at radius 1 is 0.857 bits per heavy atom. The van der Waals surface area contributed by atoms with Crippen LogP contribution in [0.4, 0.5) is 0 Å². The molecule has 0 aromatic rings. The maximum absolute atomic E-state index is 6.07. The summed E-state index contributed by atoms with van der Waals surface area (Å²) in [7, 11) is 0. The van der Waals surface area contributed by atoms with E-state index in [0.29, 0.717) is 12.1 Å². The second-order valence-corrected chi connectivity index (χ2v) is 4.82. The van der Waals surface area contributed by atoms with Gasteiger partial charge < -0.3 is 11.5 Å². The minimum absolute atomic E-state index is 0.425. The van der Waals surface area contributed by atoms with Crippen LogP contribution in [0.25, 0.3) is 0 Å². The molecule has 1 aliphatic rings. The molecule has 0 amide bonds. The lowest BCUT2D eigenvalue weighted by molar-refractivity contribution is 0.214. The van der Waals surface area contributed by atoms with Crippen LogP contribution >= 0.6 is 0 Å². The molecule has 2 unspecified atom stereocenters. The Hall–Kier alpha value is -0.0800. The molecule has 2 nitrogen and oxygen atoms in total. The molecule has 0 heterocycles. The monoisotopic (exact) mass is 198 g/mol. The number of rotatable bonds is 4.